The molecule has 7 nitrogen and oxygen atoms in total. The fraction of sp³-hybridized carbons (Fsp3) is 0.136. The molecule has 146 valence electrons. The molecule has 1 aliphatic rings. The number of benzene rings is 2. The molecular weight excluding hydrogens is 368 g/mol. The number of aromatic nitrogens is 1. The largest absolute Gasteiger partial charge is 0.497 e. The number of nitrogens with one attached hydrogen (secondary N) is 1. The van der Waals surface area contributed by atoms with E-state index >= 15 is 0 Å². The third-order valence-corrected chi connectivity index (χ3v) is 4.71. The van der Waals surface area contributed by atoms with E-state index in [0.29, 0.717) is 35.9 Å². The molecule has 2 aromatic carbocycles. The van der Waals surface area contributed by atoms with E-state index in [0.717, 1.165) is 5.69 Å². The summed E-state index contributed by atoms with van der Waals surface area (Å²) in [6.45, 7) is 1.15. The zero-order chi connectivity index (χ0) is 20.2. The van der Waals surface area contributed by atoms with Crippen molar-refractivity contribution in [3.8, 4) is 5.75 Å². The summed E-state index contributed by atoms with van der Waals surface area (Å²) in [5.41, 5.74) is 1.94. The van der Waals surface area contributed by atoms with Crippen LogP contribution >= 0.6 is 0 Å². The number of urea groups is 1. The summed E-state index contributed by atoms with van der Waals surface area (Å²) >= 11 is 0. The lowest BCUT2D eigenvalue weighted by Gasteiger charge is -2.18. The molecule has 2 heterocycles. The Balaban J connectivity index is 1.42. The second-order valence-corrected chi connectivity index (χ2v) is 6.51. The Morgan fingerprint density at radius 1 is 0.966 bits per heavy atom. The maximum Gasteiger partial charge on any atom is 0.330 e. The van der Waals surface area contributed by atoms with Crippen molar-refractivity contribution >= 4 is 29.1 Å². The Labute approximate surface area is 168 Å². The van der Waals surface area contributed by atoms with Crippen LogP contribution in [0.2, 0.25) is 0 Å². The van der Waals surface area contributed by atoms with Gasteiger partial charge in [-0.25, -0.2) is 9.78 Å². The molecule has 0 bridgehead atoms. The maximum absolute atomic E-state index is 12.7. The zero-order valence-electron chi connectivity index (χ0n) is 15.9. The van der Waals surface area contributed by atoms with Crippen LogP contribution in [-0.2, 0) is 0 Å². The van der Waals surface area contributed by atoms with Gasteiger partial charge in [-0.05, 0) is 48.5 Å². The molecule has 7 heteroatoms. The lowest BCUT2D eigenvalue weighted by atomic mass is 10.2. The Kier molecular flexibility index (Phi) is 5.11. The predicted molar refractivity (Wildman–Crippen MR) is 112 cm³/mol. The number of hydrogen-bond acceptors (Lipinski definition) is 4. The number of anilines is 3. The van der Waals surface area contributed by atoms with Gasteiger partial charge in [-0.15, -0.1) is 0 Å². The number of carbonyl (C=O) groups excluding carboxylic acids is 2. The molecule has 4 rings (SSSR count). The molecule has 0 atom stereocenters. The van der Waals surface area contributed by atoms with Gasteiger partial charge in [0.05, 0.1) is 19.0 Å². The molecule has 0 aliphatic carbocycles. The first-order chi connectivity index (χ1) is 14.2. The van der Waals surface area contributed by atoms with E-state index in [-0.39, 0.29) is 11.9 Å². The number of rotatable bonds is 5. The van der Waals surface area contributed by atoms with Crippen LogP contribution in [0.25, 0.3) is 0 Å². The quantitative estimate of drug-likeness (QED) is 0.722. The van der Waals surface area contributed by atoms with Gasteiger partial charge in [0.25, 0.3) is 5.91 Å². The monoisotopic (exact) mass is 388 g/mol. The highest BCUT2D eigenvalue weighted by Gasteiger charge is 2.31. The molecule has 0 saturated carbocycles. The number of ether oxygens (including phenoxy) is 1. The molecule has 3 amide bonds. The molecule has 29 heavy (non-hydrogen) atoms. The number of amides is 3. The van der Waals surface area contributed by atoms with Crippen LogP contribution in [0, 0.1) is 0 Å². The zero-order valence-corrected chi connectivity index (χ0v) is 15.9. The van der Waals surface area contributed by atoms with Crippen molar-refractivity contribution in [2.24, 2.45) is 0 Å². The molecule has 1 saturated heterocycles. The molecule has 3 aromatic rings. The molecule has 1 N–H and O–H groups in total. The molecule has 1 aromatic heterocycles. The van der Waals surface area contributed by atoms with Crippen LogP contribution in [0.5, 0.6) is 5.75 Å². The second-order valence-electron chi connectivity index (χ2n) is 6.51. The Bertz CT molecular complexity index is 1000. The van der Waals surface area contributed by atoms with Crippen molar-refractivity contribution in [2.45, 2.75) is 0 Å². The van der Waals surface area contributed by atoms with E-state index in [2.05, 4.69) is 10.3 Å². The van der Waals surface area contributed by atoms with Crippen LogP contribution in [0.1, 0.15) is 10.4 Å². The Morgan fingerprint density at radius 3 is 2.34 bits per heavy atom. The smallest absolute Gasteiger partial charge is 0.330 e. The van der Waals surface area contributed by atoms with Gasteiger partial charge in [-0.3, -0.25) is 14.6 Å². The molecular formula is C22H20N4O3. The first-order valence-electron chi connectivity index (χ1n) is 9.21. The maximum atomic E-state index is 12.7. The topological polar surface area (TPSA) is 74.8 Å². The fourth-order valence-corrected chi connectivity index (χ4v) is 3.16. The molecule has 0 spiro atoms. The molecule has 1 aliphatic heterocycles. The number of methoxy groups -OCH3 is 1. The van der Waals surface area contributed by atoms with E-state index in [4.69, 9.17) is 4.74 Å². The molecule has 1 fully saturated rings. The van der Waals surface area contributed by atoms with Crippen molar-refractivity contribution in [1.82, 2.24) is 4.98 Å². The van der Waals surface area contributed by atoms with Crippen LogP contribution in [-0.4, -0.2) is 37.1 Å². The standard InChI is InChI=1S/C22H20N4O3/c1-29-19-10-7-16(8-11-19)21(27)24-17-9-12-20(23-15-17)26-14-13-25(22(26)28)18-5-3-2-4-6-18/h2-12,15H,13-14H2,1H3,(H,24,27). The summed E-state index contributed by atoms with van der Waals surface area (Å²) in [7, 11) is 1.58. The van der Waals surface area contributed by atoms with Gasteiger partial charge in [0.1, 0.15) is 11.6 Å². The van der Waals surface area contributed by atoms with E-state index in [1.54, 1.807) is 59.5 Å². The summed E-state index contributed by atoms with van der Waals surface area (Å²) in [5.74, 6) is 0.998. The molecule has 0 radical (unpaired) electrons. The first-order valence-corrected chi connectivity index (χ1v) is 9.21. The van der Waals surface area contributed by atoms with Crippen molar-refractivity contribution < 1.29 is 14.3 Å². The van der Waals surface area contributed by atoms with Gasteiger partial charge in [-0.1, -0.05) is 18.2 Å². The minimum Gasteiger partial charge on any atom is -0.497 e. The normalized spacial score (nSPS) is 13.5. The predicted octanol–water partition coefficient (Wildman–Crippen LogP) is 3.79. The number of para-hydroxylation sites is 1. The van der Waals surface area contributed by atoms with Crippen LogP contribution < -0.4 is 19.9 Å². The number of hydrogen-bond donors (Lipinski definition) is 1. The summed E-state index contributed by atoms with van der Waals surface area (Å²) in [5, 5.41) is 2.80. The van der Waals surface area contributed by atoms with Crippen LogP contribution in [0.15, 0.2) is 72.9 Å². The van der Waals surface area contributed by atoms with Gasteiger partial charge in [0, 0.05) is 24.3 Å². The summed E-state index contributed by atoms with van der Waals surface area (Å²) in [6.07, 6.45) is 1.55. The van der Waals surface area contributed by atoms with Gasteiger partial charge in [0.2, 0.25) is 0 Å². The third-order valence-electron chi connectivity index (χ3n) is 4.71. The average molecular weight is 388 g/mol. The van der Waals surface area contributed by atoms with Gasteiger partial charge < -0.3 is 10.1 Å². The van der Waals surface area contributed by atoms with E-state index < -0.39 is 0 Å². The lowest BCUT2D eigenvalue weighted by molar-refractivity contribution is 0.102. The minimum absolute atomic E-state index is 0.112. The fourth-order valence-electron chi connectivity index (χ4n) is 3.16. The van der Waals surface area contributed by atoms with Gasteiger partial charge in [0.15, 0.2) is 0 Å². The summed E-state index contributed by atoms with van der Waals surface area (Å²) < 4.78 is 5.10. The van der Waals surface area contributed by atoms with Crippen LogP contribution in [0.4, 0.5) is 22.0 Å². The van der Waals surface area contributed by atoms with E-state index in [1.165, 1.54) is 0 Å². The van der Waals surface area contributed by atoms with Crippen molar-refractivity contribution in [3.63, 3.8) is 0 Å². The van der Waals surface area contributed by atoms with Crippen molar-refractivity contribution in [3.05, 3.63) is 78.5 Å². The number of carbonyl (C=O) groups is 2. The summed E-state index contributed by atoms with van der Waals surface area (Å²) in [4.78, 5) is 32.8. The Hall–Kier alpha value is -3.87. The average Bonchev–Trinajstić information content (AvgIpc) is 3.16. The van der Waals surface area contributed by atoms with Gasteiger partial charge >= 0.3 is 6.03 Å². The van der Waals surface area contributed by atoms with Crippen LogP contribution in [0.3, 0.4) is 0 Å². The number of nitrogens with zero attached hydrogens (tertiary/aromatic N) is 3. The van der Waals surface area contributed by atoms with Gasteiger partial charge in [-0.2, -0.15) is 0 Å². The first kappa shape index (κ1) is 18.5. The Morgan fingerprint density at radius 2 is 1.69 bits per heavy atom. The highest BCUT2D eigenvalue weighted by molar-refractivity contribution is 6.06. The van der Waals surface area contributed by atoms with Crippen molar-refractivity contribution in [1.29, 1.82) is 0 Å². The molecule has 0 unspecified atom stereocenters. The van der Waals surface area contributed by atoms with E-state index in [1.807, 2.05) is 30.3 Å². The highest BCUT2D eigenvalue weighted by atomic mass is 16.5. The minimum atomic E-state index is -0.241. The number of pyridine rings is 1. The highest BCUT2D eigenvalue weighted by Crippen LogP contribution is 2.24. The van der Waals surface area contributed by atoms with E-state index in [9.17, 15) is 9.59 Å². The summed E-state index contributed by atoms with van der Waals surface area (Å²) in [6, 6.07) is 19.8. The van der Waals surface area contributed by atoms with Crippen molar-refractivity contribution in [2.75, 3.05) is 35.3 Å². The SMILES string of the molecule is COc1ccc(C(=O)Nc2ccc(N3CCN(c4ccccc4)C3=O)nc2)cc1. The third kappa shape index (κ3) is 3.89. The lowest BCUT2D eigenvalue weighted by Crippen LogP contribution is -2.32. The second kappa shape index (κ2) is 8.02.